The van der Waals surface area contributed by atoms with E-state index in [0.717, 1.165) is 23.4 Å². The summed E-state index contributed by atoms with van der Waals surface area (Å²) in [5.41, 5.74) is 3.07. The van der Waals surface area contributed by atoms with Gasteiger partial charge in [0.2, 0.25) is 5.62 Å². The van der Waals surface area contributed by atoms with Gasteiger partial charge in [0.15, 0.2) is 0 Å². The predicted molar refractivity (Wildman–Crippen MR) is 67.9 cm³/mol. The first-order valence-corrected chi connectivity index (χ1v) is 5.34. The van der Waals surface area contributed by atoms with Crippen molar-refractivity contribution in [3.8, 4) is 0 Å². The van der Waals surface area contributed by atoms with Crippen molar-refractivity contribution >= 4 is 11.6 Å². The molecule has 4 nitrogen and oxygen atoms in total. The van der Waals surface area contributed by atoms with Crippen molar-refractivity contribution in [2.75, 3.05) is 12.4 Å². The first-order valence-electron chi connectivity index (χ1n) is 5.34. The molecule has 1 rings (SSSR count). The lowest BCUT2D eigenvalue weighted by atomic mass is 10.1. The highest BCUT2D eigenvalue weighted by molar-refractivity contribution is 5.62. The van der Waals surface area contributed by atoms with E-state index in [9.17, 15) is 0 Å². The zero-order chi connectivity index (χ0) is 12.1. The van der Waals surface area contributed by atoms with Crippen LogP contribution in [-0.2, 0) is 0 Å². The molecule has 1 aromatic rings. The molecular weight excluding hydrogens is 200 g/mol. The fraction of sp³-hybridized carbons (Fsp3) is 0.333. The topological polar surface area (TPSA) is 56.2 Å². The molecule has 0 saturated heterocycles. The number of rotatable bonds is 4. The summed E-state index contributed by atoms with van der Waals surface area (Å²) < 4.78 is 1.47. The standard InChI is InChI=1S/C12H18N4/c1-5-9(4)11-8-10(6-2)15-12(14-7-3)16(11)13/h6,8H,2,4-5,7,13H2,1,3H3. The molecule has 0 amide bonds. The molecule has 0 unspecified atom stereocenters. The molecule has 0 aliphatic heterocycles. The lowest BCUT2D eigenvalue weighted by Crippen LogP contribution is -2.34. The Morgan fingerprint density at radius 1 is 1.62 bits per heavy atom. The molecule has 2 N–H and O–H groups in total. The molecule has 1 heterocycles. The number of allylic oxidation sites excluding steroid dienone is 1. The first kappa shape index (κ1) is 12.2. The Balaban J connectivity index is 3.49. The number of nitrogens with two attached hydrogens (primary N) is 1. The Morgan fingerprint density at radius 2 is 2.31 bits per heavy atom. The summed E-state index contributed by atoms with van der Waals surface area (Å²) in [4.78, 5) is 8.50. The summed E-state index contributed by atoms with van der Waals surface area (Å²) in [5.74, 6) is 5.93. The molecule has 0 spiro atoms. The minimum atomic E-state index is 0.504. The Morgan fingerprint density at radius 3 is 2.81 bits per heavy atom. The van der Waals surface area contributed by atoms with Gasteiger partial charge in [-0.1, -0.05) is 20.1 Å². The van der Waals surface area contributed by atoms with E-state index in [2.05, 4.69) is 23.1 Å². The van der Waals surface area contributed by atoms with Crippen LogP contribution in [0.2, 0.25) is 0 Å². The van der Waals surface area contributed by atoms with E-state index in [1.807, 2.05) is 19.9 Å². The second-order valence-electron chi connectivity index (χ2n) is 3.37. The smallest absolute Gasteiger partial charge is 0.244 e. The maximum Gasteiger partial charge on any atom is 0.244 e. The second kappa shape index (κ2) is 5.30. The number of aromatic nitrogens is 2. The van der Waals surface area contributed by atoms with Gasteiger partial charge in [0, 0.05) is 6.54 Å². The Labute approximate surface area is 95.8 Å². The van der Waals surface area contributed by atoms with Gasteiger partial charge in [-0.3, -0.25) is 0 Å². The van der Waals surface area contributed by atoms with Gasteiger partial charge in [0.25, 0.3) is 0 Å². The van der Waals surface area contributed by atoms with E-state index in [1.165, 1.54) is 4.68 Å². The maximum atomic E-state index is 5.93. The van der Waals surface area contributed by atoms with Crippen molar-refractivity contribution in [3.05, 3.63) is 36.2 Å². The van der Waals surface area contributed by atoms with Crippen molar-refractivity contribution in [1.29, 1.82) is 0 Å². The van der Waals surface area contributed by atoms with Crippen molar-refractivity contribution in [2.24, 2.45) is 4.99 Å². The van der Waals surface area contributed by atoms with E-state index in [-0.39, 0.29) is 0 Å². The highest BCUT2D eigenvalue weighted by atomic mass is 15.3. The predicted octanol–water partition coefficient (Wildman–Crippen LogP) is 1.58. The average molecular weight is 218 g/mol. The maximum absolute atomic E-state index is 5.93. The summed E-state index contributed by atoms with van der Waals surface area (Å²) in [5, 5.41) is 0. The fourth-order valence-corrected chi connectivity index (χ4v) is 1.33. The van der Waals surface area contributed by atoms with Gasteiger partial charge in [-0.15, -0.1) is 0 Å². The summed E-state index contributed by atoms with van der Waals surface area (Å²) in [6.07, 6.45) is 2.52. The van der Waals surface area contributed by atoms with Gasteiger partial charge in [-0.25, -0.2) is 14.7 Å². The molecule has 16 heavy (non-hydrogen) atoms. The number of hydrogen-bond donors (Lipinski definition) is 1. The zero-order valence-electron chi connectivity index (χ0n) is 9.90. The molecule has 0 fully saturated rings. The van der Waals surface area contributed by atoms with Crippen molar-refractivity contribution < 1.29 is 0 Å². The zero-order valence-corrected chi connectivity index (χ0v) is 9.90. The van der Waals surface area contributed by atoms with Crippen LogP contribution in [0.25, 0.3) is 11.6 Å². The molecule has 86 valence electrons. The molecular formula is C12H18N4. The third kappa shape index (κ3) is 2.39. The lowest BCUT2D eigenvalue weighted by molar-refractivity contribution is 0.787. The van der Waals surface area contributed by atoms with Crippen LogP contribution in [0.15, 0.2) is 24.2 Å². The third-order valence-corrected chi connectivity index (χ3v) is 2.29. The van der Waals surface area contributed by atoms with E-state index < -0.39 is 0 Å². The van der Waals surface area contributed by atoms with E-state index >= 15 is 0 Å². The normalized spacial score (nSPS) is 11.5. The number of hydrogen-bond acceptors (Lipinski definition) is 3. The van der Waals surface area contributed by atoms with Crippen LogP contribution in [0.1, 0.15) is 31.7 Å². The number of nitrogen functional groups attached to an aromatic ring is 1. The van der Waals surface area contributed by atoms with Crippen molar-refractivity contribution in [2.45, 2.75) is 20.3 Å². The monoisotopic (exact) mass is 218 g/mol. The van der Waals surface area contributed by atoms with Crippen LogP contribution in [0.5, 0.6) is 0 Å². The summed E-state index contributed by atoms with van der Waals surface area (Å²) in [6, 6.07) is 1.87. The lowest BCUT2D eigenvalue weighted by Gasteiger charge is -2.10. The fourth-order valence-electron chi connectivity index (χ4n) is 1.33. The molecule has 1 aromatic heterocycles. The van der Waals surface area contributed by atoms with Gasteiger partial charge in [-0.2, -0.15) is 0 Å². The van der Waals surface area contributed by atoms with E-state index in [4.69, 9.17) is 5.84 Å². The average Bonchev–Trinajstić information content (AvgIpc) is 2.31. The minimum absolute atomic E-state index is 0.504. The quantitative estimate of drug-likeness (QED) is 0.780. The van der Waals surface area contributed by atoms with Gasteiger partial charge in [-0.05, 0) is 31.1 Å². The van der Waals surface area contributed by atoms with Gasteiger partial charge < -0.3 is 5.84 Å². The van der Waals surface area contributed by atoms with Crippen LogP contribution in [0, 0.1) is 0 Å². The van der Waals surface area contributed by atoms with Crippen molar-refractivity contribution in [1.82, 2.24) is 9.66 Å². The molecule has 0 aliphatic rings. The Bertz CT molecular complexity index is 468. The van der Waals surface area contributed by atoms with E-state index in [1.54, 1.807) is 6.08 Å². The molecule has 4 heteroatoms. The first-order chi connectivity index (χ1) is 7.63. The minimum Gasteiger partial charge on any atom is -0.336 e. The van der Waals surface area contributed by atoms with E-state index in [0.29, 0.717) is 12.2 Å². The van der Waals surface area contributed by atoms with Gasteiger partial charge in [0.05, 0.1) is 11.4 Å². The number of nitrogens with zero attached hydrogens (tertiary/aromatic N) is 3. The molecule has 0 bridgehead atoms. The molecule has 0 radical (unpaired) electrons. The molecule has 0 atom stereocenters. The SMILES string of the molecule is C=Cc1cc(C(=C)CC)n(N)c(=NCC)n1. The summed E-state index contributed by atoms with van der Waals surface area (Å²) in [7, 11) is 0. The summed E-state index contributed by atoms with van der Waals surface area (Å²) >= 11 is 0. The van der Waals surface area contributed by atoms with Gasteiger partial charge in [0.1, 0.15) is 0 Å². The van der Waals surface area contributed by atoms with Gasteiger partial charge >= 0.3 is 0 Å². The molecule has 0 aliphatic carbocycles. The Hall–Kier alpha value is -1.84. The second-order valence-corrected chi connectivity index (χ2v) is 3.37. The summed E-state index contributed by atoms with van der Waals surface area (Å²) in [6.45, 7) is 12.3. The highest BCUT2D eigenvalue weighted by Gasteiger charge is 2.05. The van der Waals surface area contributed by atoms with Crippen LogP contribution in [0.3, 0.4) is 0 Å². The molecule has 0 aromatic carbocycles. The van der Waals surface area contributed by atoms with Crippen molar-refractivity contribution in [3.63, 3.8) is 0 Å². The Kier molecular flexibility index (Phi) is 4.05. The largest absolute Gasteiger partial charge is 0.336 e. The highest BCUT2D eigenvalue weighted by Crippen LogP contribution is 2.13. The van der Waals surface area contributed by atoms with Crippen LogP contribution >= 0.6 is 0 Å². The van der Waals surface area contributed by atoms with Crippen LogP contribution in [-0.4, -0.2) is 16.2 Å². The molecule has 0 saturated carbocycles. The van der Waals surface area contributed by atoms with Crippen LogP contribution < -0.4 is 11.5 Å². The van der Waals surface area contributed by atoms with Crippen LogP contribution in [0.4, 0.5) is 0 Å². The third-order valence-electron chi connectivity index (χ3n) is 2.29.